The van der Waals surface area contributed by atoms with Crippen molar-refractivity contribution in [2.24, 2.45) is 18.0 Å². The number of rotatable bonds is 8. The van der Waals surface area contributed by atoms with Crippen LogP contribution in [0.5, 0.6) is 0 Å². The average Bonchev–Trinajstić information content (AvgIpc) is 3.17. The summed E-state index contributed by atoms with van der Waals surface area (Å²) in [4.78, 5) is 4.66. The second-order valence-corrected chi connectivity index (χ2v) is 6.87. The van der Waals surface area contributed by atoms with Gasteiger partial charge in [-0.1, -0.05) is 13.8 Å². The maximum atomic E-state index is 5.67. The lowest BCUT2D eigenvalue weighted by atomic mass is 10.1. The standard InChI is InChI=1S/C17H32N6O.HI/c1-13(2)7-5-9-18-17(19-11-15-8-6-10-24-15)20-12-16-22-21-14(3)23(16)4;/h13,15H,5-12H2,1-4H3,(H2,18,19,20);1H. The Morgan fingerprint density at radius 3 is 2.76 bits per heavy atom. The van der Waals surface area contributed by atoms with Gasteiger partial charge in [0.2, 0.25) is 0 Å². The topological polar surface area (TPSA) is 76.4 Å². The van der Waals surface area contributed by atoms with E-state index in [0.29, 0.717) is 12.6 Å². The molecule has 0 saturated carbocycles. The van der Waals surface area contributed by atoms with Gasteiger partial charge in [-0.05, 0) is 38.5 Å². The number of ether oxygens (including phenoxy) is 1. The van der Waals surface area contributed by atoms with Crippen LogP contribution in [0, 0.1) is 12.8 Å². The number of aliphatic imine (C=N–C) groups is 1. The molecule has 25 heavy (non-hydrogen) atoms. The number of hydrogen-bond acceptors (Lipinski definition) is 4. The first kappa shape index (κ1) is 22.1. The van der Waals surface area contributed by atoms with Gasteiger partial charge in [0, 0.05) is 26.7 Å². The van der Waals surface area contributed by atoms with Crippen LogP contribution in [0.15, 0.2) is 4.99 Å². The fourth-order valence-electron chi connectivity index (χ4n) is 2.65. The zero-order valence-electron chi connectivity index (χ0n) is 15.9. The van der Waals surface area contributed by atoms with Crippen molar-refractivity contribution in [3.8, 4) is 0 Å². The van der Waals surface area contributed by atoms with Crippen LogP contribution in [0.1, 0.15) is 51.2 Å². The van der Waals surface area contributed by atoms with E-state index in [-0.39, 0.29) is 24.0 Å². The molecule has 0 aromatic carbocycles. The van der Waals surface area contributed by atoms with E-state index in [4.69, 9.17) is 4.74 Å². The highest BCUT2D eigenvalue weighted by Gasteiger charge is 2.15. The molecular weight excluding hydrogens is 431 g/mol. The Morgan fingerprint density at radius 2 is 2.16 bits per heavy atom. The van der Waals surface area contributed by atoms with Gasteiger partial charge in [-0.3, -0.25) is 0 Å². The van der Waals surface area contributed by atoms with Crippen LogP contribution in [0.2, 0.25) is 0 Å². The Labute approximate surface area is 168 Å². The van der Waals surface area contributed by atoms with Crippen molar-refractivity contribution in [2.75, 3.05) is 19.7 Å². The monoisotopic (exact) mass is 464 g/mol. The van der Waals surface area contributed by atoms with Gasteiger partial charge >= 0.3 is 0 Å². The molecule has 144 valence electrons. The van der Waals surface area contributed by atoms with E-state index < -0.39 is 0 Å². The van der Waals surface area contributed by atoms with E-state index in [2.05, 4.69) is 39.7 Å². The van der Waals surface area contributed by atoms with Crippen LogP contribution >= 0.6 is 24.0 Å². The number of guanidine groups is 1. The number of hydrogen-bond donors (Lipinski definition) is 2. The first-order chi connectivity index (χ1) is 11.6. The first-order valence-electron chi connectivity index (χ1n) is 9.05. The Balaban J connectivity index is 0.00000312. The molecule has 2 heterocycles. The third kappa shape index (κ3) is 7.89. The Hall–Kier alpha value is -0.900. The van der Waals surface area contributed by atoms with Crippen LogP contribution in [0.25, 0.3) is 0 Å². The van der Waals surface area contributed by atoms with E-state index in [1.807, 2.05) is 18.5 Å². The largest absolute Gasteiger partial charge is 0.376 e. The van der Waals surface area contributed by atoms with Crippen LogP contribution in [-0.2, 0) is 18.3 Å². The van der Waals surface area contributed by atoms with Gasteiger partial charge in [-0.15, -0.1) is 34.2 Å². The minimum Gasteiger partial charge on any atom is -0.376 e. The summed E-state index contributed by atoms with van der Waals surface area (Å²) in [6.45, 7) is 9.56. The Kier molecular flexibility index (Phi) is 10.3. The summed E-state index contributed by atoms with van der Waals surface area (Å²) in [7, 11) is 1.97. The molecule has 2 rings (SSSR count). The van der Waals surface area contributed by atoms with E-state index in [9.17, 15) is 0 Å². The molecule has 2 N–H and O–H groups in total. The molecule has 1 unspecified atom stereocenters. The highest BCUT2D eigenvalue weighted by Crippen LogP contribution is 2.10. The maximum Gasteiger partial charge on any atom is 0.191 e. The quantitative estimate of drug-likeness (QED) is 0.268. The molecule has 1 fully saturated rings. The number of nitrogens with one attached hydrogen (secondary N) is 2. The normalized spacial score (nSPS) is 17.6. The van der Waals surface area contributed by atoms with Crippen LogP contribution in [0.3, 0.4) is 0 Å². The molecule has 1 saturated heterocycles. The number of aromatic nitrogens is 3. The predicted octanol–water partition coefficient (Wildman–Crippen LogP) is 2.39. The van der Waals surface area contributed by atoms with Gasteiger partial charge in [0.05, 0.1) is 6.10 Å². The second kappa shape index (κ2) is 11.7. The molecule has 0 radical (unpaired) electrons. The fourth-order valence-corrected chi connectivity index (χ4v) is 2.65. The lowest BCUT2D eigenvalue weighted by molar-refractivity contribution is 0.114. The highest BCUT2D eigenvalue weighted by molar-refractivity contribution is 14.0. The molecule has 0 aliphatic carbocycles. The van der Waals surface area contributed by atoms with Gasteiger partial charge in [0.15, 0.2) is 11.8 Å². The summed E-state index contributed by atoms with van der Waals surface area (Å²) < 4.78 is 7.65. The average molecular weight is 464 g/mol. The van der Waals surface area contributed by atoms with Crippen LogP contribution in [-0.4, -0.2) is 46.5 Å². The highest BCUT2D eigenvalue weighted by atomic mass is 127. The van der Waals surface area contributed by atoms with Crippen molar-refractivity contribution in [3.63, 3.8) is 0 Å². The van der Waals surface area contributed by atoms with E-state index >= 15 is 0 Å². The maximum absolute atomic E-state index is 5.67. The molecule has 1 atom stereocenters. The van der Waals surface area contributed by atoms with Crippen molar-refractivity contribution >= 4 is 29.9 Å². The van der Waals surface area contributed by atoms with Crippen LogP contribution in [0.4, 0.5) is 0 Å². The summed E-state index contributed by atoms with van der Waals surface area (Å²) in [5.41, 5.74) is 0. The third-order valence-electron chi connectivity index (χ3n) is 4.33. The van der Waals surface area contributed by atoms with Gasteiger partial charge in [0.1, 0.15) is 12.4 Å². The third-order valence-corrected chi connectivity index (χ3v) is 4.33. The number of halogens is 1. The zero-order valence-corrected chi connectivity index (χ0v) is 18.2. The summed E-state index contributed by atoms with van der Waals surface area (Å²) >= 11 is 0. The van der Waals surface area contributed by atoms with E-state index in [1.165, 1.54) is 6.42 Å². The van der Waals surface area contributed by atoms with Crippen molar-refractivity contribution in [2.45, 2.75) is 59.1 Å². The lowest BCUT2D eigenvalue weighted by Gasteiger charge is -2.16. The lowest BCUT2D eigenvalue weighted by Crippen LogP contribution is -2.41. The Morgan fingerprint density at radius 1 is 1.36 bits per heavy atom. The minimum atomic E-state index is 0. The van der Waals surface area contributed by atoms with Crippen LogP contribution < -0.4 is 10.6 Å². The SMILES string of the molecule is Cc1nnc(CN=C(NCCCC(C)C)NCC2CCCO2)n1C.I. The molecule has 1 aromatic rings. The summed E-state index contributed by atoms with van der Waals surface area (Å²) in [5, 5.41) is 15.1. The fraction of sp³-hybridized carbons (Fsp3) is 0.824. The molecule has 0 spiro atoms. The molecule has 0 amide bonds. The predicted molar refractivity (Wildman–Crippen MR) is 111 cm³/mol. The minimum absolute atomic E-state index is 0. The van der Waals surface area contributed by atoms with E-state index in [0.717, 1.165) is 62.5 Å². The van der Waals surface area contributed by atoms with Gasteiger partial charge < -0.3 is 19.9 Å². The van der Waals surface area contributed by atoms with Gasteiger partial charge in [-0.2, -0.15) is 0 Å². The van der Waals surface area contributed by atoms with E-state index in [1.54, 1.807) is 0 Å². The van der Waals surface area contributed by atoms with Gasteiger partial charge in [0.25, 0.3) is 0 Å². The van der Waals surface area contributed by atoms with Gasteiger partial charge in [-0.25, -0.2) is 4.99 Å². The molecule has 0 bridgehead atoms. The summed E-state index contributed by atoms with van der Waals surface area (Å²) in [5.74, 6) is 3.33. The molecule has 7 nitrogen and oxygen atoms in total. The summed E-state index contributed by atoms with van der Waals surface area (Å²) in [6.07, 6.45) is 4.93. The smallest absolute Gasteiger partial charge is 0.191 e. The number of aryl methyl sites for hydroxylation is 1. The zero-order chi connectivity index (χ0) is 17.4. The number of nitrogens with zero attached hydrogens (tertiary/aromatic N) is 4. The van der Waals surface area contributed by atoms with Crippen molar-refractivity contribution < 1.29 is 4.74 Å². The second-order valence-electron chi connectivity index (χ2n) is 6.87. The molecule has 1 aliphatic rings. The molecular formula is C17H33IN6O. The molecule has 1 aliphatic heterocycles. The Bertz CT molecular complexity index is 525. The van der Waals surface area contributed by atoms with Crippen molar-refractivity contribution in [3.05, 3.63) is 11.6 Å². The first-order valence-corrected chi connectivity index (χ1v) is 9.05. The van der Waals surface area contributed by atoms with Crippen molar-refractivity contribution in [1.82, 2.24) is 25.4 Å². The van der Waals surface area contributed by atoms with Crippen molar-refractivity contribution in [1.29, 1.82) is 0 Å². The molecule has 8 heteroatoms. The molecule has 1 aromatic heterocycles. The summed E-state index contributed by atoms with van der Waals surface area (Å²) in [6, 6.07) is 0.